The third kappa shape index (κ3) is 4.08. The second kappa shape index (κ2) is 8.53. The predicted molar refractivity (Wildman–Crippen MR) is 115 cm³/mol. The van der Waals surface area contributed by atoms with Gasteiger partial charge in [-0.25, -0.2) is 5.43 Å². The number of ether oxygens (including phenoxy) is 1. The third-order valence-corrected chi connectivity index (χ3v) is 6.35. The maximum Gasteiger partial charge on any atom is 0.300 e. The Hall–Kier alpha value is -2.77. The Morgan fingerprint density at radius 3 is 2.57 bits per heavy atom. The average molecular weight is 415 g/mol. The minimum absolute atomic E-state index is 0.0741. The Balaban J connectivity index is 0.000000503. The molecule has 1 aromatic rings. The van der Waals surface area contributed by atoms with E-state index in [1.54, 1.807) is 0 Å². The van der Waals surface area contributed by atoms with E-state index in [1.165, 1.54) is 56.2 Å². The fourth-order valence-corrected chi connectivity index (χ4v) is 4.56. The van der Waals surface area contributed by atoms with Crippen molar-refractivity contribution in [2.75, 3.05) is 16.8 Å². The SMILES string of the molecule is CC(=O)O.CC1C(=O)NN=C2COc3cc(C4CCCC4)c(NC4CCC4)cc3N21. The van der Waals surface area contributed by atoms with Crippen LogP contribution in [0.15, 0.2) is 17.2 Å². The maximum atomic E-state index is 12.1. The molecule has 162 valence electrons. The molecule has 2 saturated carbocycles. The summed E-state index contributed by atoms with van der Waals surface area (Å²) in [6, 6.07) is 4.72. The van der Waals surface area contributed by atoms with Gasteiger partial charge in [0.15, 0.2) is 5.84 Å². The van der Waals surface area contributed by atoms with Gasteiger partial charge in [-0.3, -0.25) is 9.59 Å². The Bertz CT molecular complexity index is 855. The number of rotatable bonds is 3. The maximum absolute atomic E-state index is 12.1. The molecule has 1 atom stereocenters. The summed E-state index contributed by atoms with van der Waals surface area (Å²) in [5, 5.41) is 15.4. The summed E-state index contributed by atoms with van der Waals surface area (Å²) in [6.45, 7) is 3.40. The van der Waals surface area contributed by atoms with Gasteiger partial charge in [0.1, 0.15) is 18.4 Å². The van der Waals surface area contributed by atoms with Gasteiger partial charge in [-0.05, 0) is 62.6 Å². The highest BCUT2D eigenvalue weighted by molar-refractivity contribution is 6.09. The molecule has 0 saturated heterocycles. The van der Waals surface area contributed by atoms with Crippen LogP contribution in [0.25, 0.3) is 0 Å². The molecule has 2 fully saturated rings. The Morgan fingerprint density at radius 2 is 1.93 bits per heavy atom. The first kappa shape index (κ1) is 20.5. The number of nitrogens with zero attached hydrogens (tertiary/aromatic N) is 2. The number of anilines is 2. The van der Waals surface area contributed by atoms with Gasteiger partial charge in [-0.15, -0.1) is 0 Å². The zero-order valence-corrected chi connectivity index (χ0v) is 17.6. The van der Waals surface area contributed by atoms with E-state index < -0.39 is 5.97 Å². The van der Waals surface area contributed by atoms with Crippen LogP contribution in [-0.4, -0.2) is 41.5 Å². The number of amides is 1. The molecular weight excluding hydrogens is 384 g/mol. The standard InChI is InChI=1S/C20H26N4O2.C2H4O2/c1-12-20(25)23-22-19-11-26-18-9-15(13-5-2-3-6-13)16(10-17(18)24(12)19)21-14-7-4-8-14;1-2(3)4/h9-10,12-14,21H,2-8,11H2,1H3,(H,23,25);1H3,(H,3,4). The van der Waals surface area contributed by atoms with Gasteiger partial charge in [0, 0.05) is 18.7 Å². The number of benzene rings is 1. The second-order valence-electron chi connectivity index (χ2n) is 8.52. The van der Waals surface area contributed by atoms with Crippen LogP contribution < -0.4 is 20.4 Å². The van der Waals surface area contributed by atoms with Crippen LogP contribution in [0.3, 0.4) is 0 Å². The average Bonchev–Trinajstić information content (AvgIpc) is 3.20. The fraction of sp³-hybridized carbons (Fsp3) is 0.591. The van der Waals surface area contributed by atoms with Gasteiger partial charge < -0.3 is 20.1 Å². The van der Waals surface area contributed by atoms with Crippen LogP contribution in [0.4, 0.5) is 11.4 Å². The molecule has 8 nitrogen and oxygen atoms in total. The van der Waals surface area contributed by atoms with Crippen LogP contribution in [-0.2, 0) is 9.59 Å². The van der Waals surface area contributed by atoms with Crippen molar-refractivity contribution in [2.45, 2.75) is 76.8 Å². The summed E-state index contributed by atoms with van der Waals surface area (Å²) in [4.78, 5) is 23.2. The van der Waals surface area contributed by atoms with E-state index in [-0.39, 0.29) is 11.9 Å². The molecular formula is C22H30N4O4. The van der Waals surface area contributed by atoms with Crippen LogP contribution >= 0.6 is 0 Å². The normalized spacial score (nSPS) is 23.0. The molecule has 0 bridgehead atoms. The molecule has 30 heavy (non-hydrogen) atoms. The smallest absolute Gasteiger partial charge is 0.300 e. The number of carboxylic acids is 1. The number of hydrogen-bond donors (Lipinski definition) is 3. The van der Waals surface area contributed by atoms with Gasteiger partial charge in [-0.2, -0.15) is 5.10 Å². The number of carboxylic acid groups (broad SMARTS) is 1. The molecule has 0 aromatic heterocycles. The molecule has 1 amide bonds. The van der Waals surface area contributed by atoms with Crippen LogP contribution in [0.1, 0.15) is 70.3 Å². The number of carbonyl (C=O) groups is 2. The van der Waals surface area contributed by atoms with E-state index in [0.29, 0.717) is 18.6 Å². The molecule has 5 rings (SSSR count). The van der Waals surface area contributed by atoms with Crippen molar-refractivity contribution < 1.29 is 19.4 Å². The van der Waals surface area contributed by atoms with Crippen LogP contribution in [0.5, 0.6) is 5.75 Å². The number of hydrazone groups is 1. The van der Waals surface area contributed by atoms with Crippen molar-refractivity contribution in [1.82, 2.24) is 5.43 Å². The minimum Gasteiger partial charge on any atom is -0.483 e. The van der Waals surface area contributed by atoms with Gasteiger partial charge in [0.25, 0.3) is 11.9 Å². The first-order chi connectivity index (χ1) is 14.4. The van der Waals surface area contributed by atoms with Crippen molar-refractivity contribution >= 4 is 29.1 Å². The number of nitrogens with one attached hydrogen (secondary N) is 2. The van der Waals surface area contributed by atoms with Crippen LogP contribution in [0, 0.1) is 0 Å². The zero-order valence-electron chi connectivity index (χ0n) is 17.6. The molecule has 3 N–H and O–H groups in total. The lowest BCUT2D eigenvalue weighted by atomic mass is 9.90. The van der Waals surface area contributed by atoms with Crippen LogP contribution in [0.2, 0.25) is 0 Å². The lowest BCUT2D eigenvalue weighted by Gasteiger charge is -2.39. The van der Waals surface area contributed by atoms with E-state index in [0.717, 1.165) is 24.2 Å². The van der Waals surface area contributed by atoms with Crippen molar-refractivity contribution in [2.24, 2.45) is 5.10 Å². The van der Waals surface area contributed by atoms with Gasteiger partial charge in [0.2, 0.25) is 0 Å². The molecule has 0 radical (unpaired) electrons. The fourth-order valence-electron chi connectivity index (χ4n) is 4.56. The first-order valence-electron chi connectivity index (χ1n) is 10.9. The lowest BCUT2D eigenvalue weighted by Crippen LogP contribution is -2.55. The van der Waals surface area contributed by atoms with E-state index in [1.807, 2.05) is 11.8 Å². The van der Waals surface area contributed by atoms with E-state index >= 15 is 0 Å². The third-order valence-electron chi connectivity index (χ3n) is 6.35. The predicted octanol–water partition coefficient (Wildman–Crippen LogP) is 3.43. The van der Waals surface area contributed by atoms with E-state index in [2.05, 4.69) is 28.0 Å². The van der Waals surface area contributed by atoms with E-state index in [9.17, 15) is 4.79 Å². The van der Waals surface area contributed by atoms with Gasteiger partial charge in [-0.1, -0.05) is 12.8 Å². The second-order valence-corrected chi connectivity index (χ2v) is 8.52. The van der Waals surface area contributed by atoms with Gasteiger partial charge in [0.05, 0.1) is 5.69 Å². The van der Waals surface area contributed by atoms with Crippen molar-refractivity contribution in [3.05, 3.63) is 17.7 Å². The quantitative estimate of drug-likeness (QED) is 0.700. The number of hydrogen-bond acceptors (Lipinski definition) is 6. The summed E-state index contributed by atoms with van der Waals surface area (Å²) >= 11 is 0. The first-order valence-corrected chi connectivity index (χ1v) is 10.9. The highest BCUT2D eigenvalue weighted by Crippen LogP contribution is 2.45. The summed E-state index contributed by atoms with van der Waals surface area (Å²) in [5.41, 5.74) is 6.17. The number of aliphatic carboxylic acids is 1. The number of amidine groups is 1. The van der Waals surface area contributed by atoms with Crippen molar-refractivity contribution in [1.29, 1.82) is 0 Å². The Kier molecular flexibility index (Phi) is 5.83. The monoisotopic (exact) mass is 414 g/mol. The molecule has 1 unspecified atom stereocenters. The summed E-state index contributed by atoms with van der Waals surface area (Å²) in [6.07, 6.45) is 8.93. The molecule has 2 aliphatic heterocycles. The molecule has 1 aromatic carbocycles. The summed E-state index contributed by atoms with van der Waals surface area (Å²) < 4.78 is 6.03. The zero-order chi connectivity index (χ0) is 21.3. The lowest BCUT2D eigenvalue weighted by molar-refractivity contribution is -0.134. The van der Waals surface area contributed by atoms with E-state index in [4.69, 9.17) is 14.6 Å². The highest BCUT2D eigenvalue weighted by Gasteiger charge is 2.36. The highest BCUT2D eigenvalue weighted by atomic mass is 16.5. The van der Waals surface area contributed by atoms with Gasteiger partial charge >= 0.3 is 0 Å². The largest absolute Gasteiger partial charge is 0.483 e. The Morgan fingerprint density at radius 1 is 1.23 bits per heavy atom. The number of carbonyl (C=O) groups excluding carboxylic acids is 1. The molecule has 8 heteroatoms. The van der Waals surface area contributed by atoms with Crippen molar-refractivity contribution in [3.8, 4) is 5.75 Å². The number of fused-ring (bicyclic) bond motifs is 3. The molecule has 0 spiro atoms. The Labute approximate surface area is 176 Å². The topological polar surface area (TPSA) is 103 Å². The molecule has 4 aliphatic rings. The molecule has 2 heterocycles. The minimum atomic E-state index is -0.833. The summed E-state index contributed by atoms with van der Waals surface area (Å²) in [7, 11) is 0. The van der Waals surface area contributed by atoms with Crippen molar-refractivity contribution in [3.63, 3.8) is 0 Å². The molecule has 2 aliphatic carbocycles. The summed E-state index contributed by atoms with van der Waals surface area (Å²) in [5.74, 6) is 1.36.